The minimum atomic E-state index is 0.326. The van der Waals surface area contributed by atoms with Gasteiger partial charge in [-0.3, -0.25) is 4.79 Å². The van der Waals surface area contributed by atoms with Crippen LogP contribution in [0, 0.1) is 0 Å². The zero-order valence-electron chi connectivity index (χ0n) is 6.14. The highest BCUT2D eigenvalue weighted by molar-refractivity contribution is 5.77. The topological polar surface area (TPSA) is 26.3 Å². The summed E-state index contributed by atoms with van der Waals surface area (Å²) in [5, 5.41) is 0. The molecule has 0 bridgehead atoms. The maximum Gasteiger partial charge on any atom is 0.132 e. The van der Waals surface area contributed by atoms with Crippen LogP contribution in [0.3, 0.4) is 0 Å². The van der Waals surface area contributed by atoms with Gasteiger partial charge in [0.25, 0.3) is 0 Å². The number of ether oxygens (including phenoxy) is 1. The Hall–Kier alpha value is -0.370. The van der Waals surface area contributed by atoms with E-state index in [-0.39, 0.29) is 0 Å². The summed E-state index contributed by atoms with van der Waals surface area (Å²) in [5.74, 6) is 0.326. The van der Waals surface area contributed by atoms with Crippen LogP contribution in [-0.2, 0) is 9.53 Å². The number of rotatable bonds is 5. The van der Waals surface area contributed by atoms with E-state index in [4.69, 9.17) is 4.74 Å². The van der Waals surface area contributed by atoms with E-state index < -0.39 is 0 Å². The van der Waals surface area contributed by atoms with Crippen LogP contribution < -0.4 is 0 Å². The molecule has 0 aromatic rings. The summed E-state index contributed by atoms with van der Waals surface area (Å²) >= 11 is 0. The van der Waals surface area contributed by atoms with Gasteiger partial charge in [0.1, 0.15) is 5.78 Å². The maximum atomic E-state index is 10.6. The number of hydrogen-bond acceptors (Lipinski definition) is 2. The normalized spacial score (nSPS) is 9.56. The molecular weight excluding hydrogens is 116 g/mol. The van der Waals surface area contributed by atoms with Gasteiger partial charge in [-0.15, -0.1) is 0 Å². The Kier molecular flexibility index (Phi) is 5.52. The predicted molar refractivity (Wildman–Crippen MR) is 36.4 cm³/mol. The van der Waals surface area contributed by atoms with Crippen LogP contribution >= 0.6 is 0 Å². The van der Waals surface area contributed by atoms with Gasteiger partial charge in [0.2, 0.25) is 0 Å². The summed E-state index contributed by atoms with van der Waals surface area (Å²) in [4.78, 5) is 10.6. The van der Waals surface area contributed by atoms with Gasteiger partial charge in [-0.05, 0) is 6.42 Å². The first-order valence-corrected chi connectivity index (χ1v) is 3.32. The van der Waals surface area contributed by atoms with Crippen molar-refractivity contribution >= 4 is 5.78 Å². The molecule has 0 spiro atoms. The van der Waals surface area contributed by atoms with Crippen LogP contribution in [0.15, 0.2) is 0 Å². The largest absolute Gasteiger partial charge is 0.385 e. The van der Waals surface area contributed by atoms with Crippen molar-refractivity contribution in [2.45, 2.75) is 26.2 Å². The smallest absolute Gasteiger partial charge is 0.132 e. The summed E-state index contributed by atoms with van der Waals surface area (Å²) in [6, 6.07) is 0. The third-order valence-electron chi connectivity index (χ3n) is 1.20. The van der Waals surface area contributed by atoms with Crippen molar-refractivity contribution in [1.29, 1.82) is 0 Å². The Labute approximate surface area is 56.2 Å². The van der Waals surface area contributed by atoms with E-state index >= 15 is 0 Å². The molecule has 0 fully saturated rings. The lowest BCUT2D eigenvalue weighted by Crippen LogP contribution is -1.97. The first-order valence-electron chi connectivity index (χ1n) is 3.32. The van der Waals surface area contributed by atoms with E-state index in [0.29, 0.717) is 25.2 Å². The van der Waals surface area contributed by atoms with E-state index in [2.05, 4.69) is 0 Å². The number of ketones is 1. The predicted octanol–water partition coefficient (Wildman–Crippen LogP) is 1.39. The van der Waals surface area contributed by atoms with E-state index in [0.717, 1.165) is 6.42 Å². The summed E-state index contributed by atoms with van der Waals surface area (Å²) in [5.41, 5.74) is 0. The van der Waals surface area contributed by atoms with Crippen molar-refractivity contribution in [1.82, 2.24) is 0 Å². The third kappa shape index (κ3) is 5.50. The second-order valence-electron chi connectivity index (χ2n) is 1.99. The van der Waals surface area contributed by atoms with Gasteiger partial charge >= 0.3 is 0 Å². The second-order valence-corrected chi connectivity index (χ2v) is 1.99. The van der Waals surface area contributed by atoms with Crippen molar-refractivity contribution in [2.75, 3.05) is 13.7 Å². The maximum absolute atomic E-state index is 10.6. The quantitative estimate of drug-likeness (QED) is 0.526. The molecule has 0 amide bonds. The molecule has 0 saturated heterocycles. The first-order chi connectivity index (χ1) is 4.31. The van der Waals surface area contributed by atoms with E-state index in [1.165, 1.54) is 0 Å². The van der Waals surface area contributed by atoms with Crippen LogP contribution in [0.2, 0.25) is 0 Å². The minimum absolute atomic E-state index is 0.326. The number of Topliss-reactive ketones (excluding diaryl/α,β-unsaturated/α-hetero) is 1. The molecule has 0 aliphatic heterocycles. The fraction of sp³-hybridized carbons (Fsp3) is 0.857. The molecule has 0 saturated carbocycles. The Balaban J connectivity index is 2.97. The van der Waals surface area contributed by atoms with E-state index in [1.54, 1.807) is 7.11 Å². The molecule has 0 radical (unpaired) electrons. The lowest BCUT2D eigenvalue weighted by molar-refractivity contribution is -0.119. The number of carbonyl (C=O) groups excluding carboxylic acids is 1. The van der Waals surface area contributed by atoms with Crippen LogP contribution in [0.25, 0.3) is 0 Å². The molecule has 0 aliphatic rings. The number of carbonyl (C=O) groups is 1. The van der Waals surface area contributed by atoms with Crippen LogP contribution in [0.1, 0.15) is 26.2 Å². The van der Waals surface area contributed by atoms with Gasteiger partial charge < -0.3 is 4.74 Å². The number of methoxy groups -OCH3 is 1. The molecule has 54 valence electrons. The Morgan fingerprint density at radius 1 is 1.56 bits per heavy atom. The molecule has 0 N–H and O–H groups in total. The highest BCUT2D eigenvalue weighted by atomic mass is 16.5. The Morgan fingerprint density at radius 3 is 2.67 bits per heavy atom. The molecule has 0 aromatic heterocycles. The van der Waals surface area contributed by atoms with Gasteiger partial charge in [-0.2, -0.15) is 0 Å². The first kappa shape index (κ1) is 8.63. The molecule has 0 rings (SSSR count). The van der Waals surface area contributed by atoms with Crippen molar-refractivity contribution in [2.24, 2.45) is 0 Å². The van der Waals surface area contributed by atoms with Crippen molar-refractivity contribution in [3.63, 3.8) is 0 Å². The molecule has 2 nitrogen and oxygen atoms in total. The van der Waals surface area contributed by atoms with Gasteiger partial charge in [-0.25, -0.2) is 0 Å². The molecule has 0 aliphatic carbocycles. The van der Waals surface area contributed by atoms with Crippen molar-refractivity contribution in [3.8, 4) is 0 Å². The Morgan fingerprint density at radius 2 is 2.22 bits per heavy atom. The van der Waals surface area contributed by atoms with Crippen LogP contribution in [0.4, 0.5) is 0 Å². The zero-order valence-corrected chi connectivity index (χ0v) is 6.14. The average Bonchev–Trinajstić information content (AvgIpc) is 1.89. The van der Waals surface area contributed by atoms with Crippen molar-refractivity contribution in [3.05, 3.63) is 0 Å². The summed E-state index contributed by atoms with van der Waals surface area (Å²) in [7, 11) is 1.65. The zero-order chi connectivity index (χ0) is 7.11. The van der Waals surface area contributed by atoms with E-state index in [1.807, 2.05) is 6.92 Å². The molecule has 0 unspecified atom stereocenters. The van der Waals surface area contributed by atoms with Crippen LogP contribution in [0.5, 0.6) is 0 Å². The standard InChI is InChI=1S/C7H14O2/c1-3-7(8)5-4-6-9-2/h3-6H2,1-2H3. The fourth-order valence-electron chi connectivity index (χ4n) is 0.590. The fourth-order valence-corrected chi connectivity index (χ4v) is 0.590. The molecule has 9 heavy (non-hydrogen) atoms. The molecule has 0 aromatic carbocycles. The lowest BCUT2D eigenvalue weighted by atomic mass is 10.2. The highest BCUT2D eigenvalue weighted by Crippen LogP contribution is 1.93. The summed E-state index contributed by atoms with van der Waals surface area (Å²) in [6.07, 6.45) is 2.19. The van der Waals surface area contributed by atoms with Gasteiger partial charge in [0.15, 0.2) is 0 Å². The highest BCUT2D eigenvalue weighted by Gasteiger charge is 1.95. The SMILES string of the molecule is CCC(=O)CCCOC. The number of hydrogen-bond donors (Lipinski definition) is 0. The summed E-state index contributed by atoms with van der Waals surface area (Å²) in [6.45, 7) is 2.58. The van der Waals surface area contributed by atoms with Gasteiger partial charge in [0, 0.05) is 26.6 Å². The molecule has 2 heteroatoms. The van der Waals surface area contributed by atoms with E-state index in [9.17, 15) is 4.79 Å². The summed E-state index contributed by atoms with van der Waals surface area (Å²) < 4.78 is 4.78. The van der Waals surface area contributed by atoms with Crippen LogP contribution in [-0.4, -0.2) is 19.5 Å². The Bertz CT molecular complexity index is 79.0. The molecule has 0 atom stereocenters. The third-order valence-corrected chi connectivity index (χ3v) is 1.20. The molecule has 0 heterocycles. The average molecular weight is 130 g/mol. The monoisotopic (exact) mass is 130 g/mol. The second kappa shape index (κ2) is 5.76. The van der Waals surface area contributed by atoms with Gasteiger partial charge in [0.05, 0.1) is 0 Å². The van der Waals surface area contributed by atoms with Crippen molar-refractivity contribution < 1.29 is 9.53 Å². The lowest BCUT2D eigenvalue weighted by Gasteiger charge is -1.95. The minimum Gasteiger partial charge on any atom is -0.385 e. The molecular formula is C7H14O2. The van der Waals surface area contributed by atoms with Gasteiger partial charge in [-0.1, -0.05) is 6.92 Å².